The summed E-state index contributed by atoms with van der Waals surface area (Å²) in [5.74, 6) is 0. The van der Waals surface area contributed by atoms with Crippen molar-refractivity contribution < 1.29 is 4.79 Å². The Morgan fingerprint density at radius 1 is 1.31 bits per heavy atom. The third kappa shape index (κ3) is 6.21. The van der Waals surface area contributed by atoms with Crippen LogP contribution in [0.25, 0.3) is 0 Å². The molecule has 0 radical (unpaired) electrons. The maximum atomic E-state index is 11.7. The summed E-state index contributed by atoms with van der Waals surface area (Å²) in [6.07, 6.45) is 10.4. The first-order chi connectivity index (χ1) is 7.47. The van der Waals surface area contributed by atoms with Crippen LogP contribution in [0.15, 0.2) is 12.2 Å². The predicted molar refractivity (Wildman–Crippen MR) is 71.9 cm³/mol. The SMILES string of the molecule is CC(C)(C)SC(=O)NC1/C=C/CCCCC1. The molecule has 1 aliphatic rings. The van der Waals surface area contributed by atoms with Gasteiger partial charge in [0.05, 0.1) is 0 Å². The fourth-order valence-electron chi connectivity index (χ4n) is 1.74. The summed E-state index contributed by atoms with van der Waals surface area (Å²) in [7, 11) is 0. The molecule has 92 valence electrons. The van der Waals surface area contributed by atoms with Crippen molar-refractivity contribution in [1.82, 2.24) is 5.32 Å². The topological polar surface area (TPSA) is 29.1 Å². The second-order valence-corrected chi connectivity index (χ2v) is 7.12. The van der Waals surface area contributed by atoms with Gasteiger partial charge in [0.1, 0.15) is 0 Å². The molecule has 0 saturated heterocycles. The first-order valence-corrected chi connectivity index (χ1v) is 6.95. The van der Waals surface area contributed by atoms with E-state index in [1.54, 1.807) is 0 Å². The highest BCUT2D eigenvalue weighted by atomic mass is 32.2. The average molecular weight is 241 g/mol. The highest BCUT2D eigenvalue weighted by Gasteiger charge is 2.18. The van der Waals surface area contributed by atoms with E-state index in [0.29, 0.717) is 0 Å². The molecule has 0 aromatic rings. The number of rotatable bonds is 1. The molecule has 1 amide bonds. The van der Waals surface area contributed by atoms with Crippen LogP contribution in [0.3, 0.4) is 0 Å². The minimum atomic E-state index is -0.00455. The average Bonchev–Trinajstić information content (AvgIpc) is 2.06. The Kier molecular flexibility index (Phi) is 5.39. The van der Waals surface area contributed by atoms with Crippen molar-refractivity contribution in [2.75, 3.05) is 0 Å². The van der Waals surface area contributed by atoms with Crippen molar-refractivity contribution >= 4 is 17.0 Å². The Hall–Kier alpha value is -0.440. The zero-order valence-corrected chi connectivity index (χ0v) is 11.4. The number of carbonyl (C=O) groups is 1. The van der Waals surface area contributed by atoms with E-state index in [4.69, 9.17) is 0 Å². The third-order valence-electron chi connectivity index (χ3n) is 2.46. The van der Waals surface area contributed by atoms with E-state index >= 15 is 0 Å². The van der Waals surface area contributed by atoms with E-state index in [-0.39, 0.29) is 16.0 Å². The Bertz CT molecular complexity index is 255. The van der Waals surface area contributed by atoms with Crippen molar-refractivity contribution in [3.05, 3.63) is 12.2 Å². The van der Waals surface area contributed by atoms with Gasteiger partial charge in [-0.1, -0.05) is 57.5 Å². The first kappa shape index (κ1) is 13.6. The highest BCUT2D eigenvalue weighted by molar-refractivity contribution is 8.14. The summed E-state index contributed by atoms with van der Waals surface area (Å²) in [4.78, 5) is 11.7. The molecule has 16 heavy (non-hydrogen) atoms. The fraction of sp³-hybridized carbons (Fsp3) is 0.769. The Balaban J connectivity index is 2.39. The summed E-state index contributed by atoms with van der Waals surface area (Å²) in [5.41, 5.74) is 0. The van der Waals surface area contributed by atoms with E-state index in [1.165, 1.54) is 31.0 Å². The fourth-order valence-corrected chi connectivity index (χ4v) is 2.51. The molecule has 2 nitrogen and oxygen atoms in total. The van der Waals surface area contributed by atoms with Gasteiger partial charge in [-0.2, -0.15) is 0 Å². The second kappa shape index (κ2) is 6.33. The molecule has 0 aromatic heterocycles. The minimum Gasteiger partial charge on any atom is -0.341 e. The molecular weight excluding hydrogens is 218 g/mol. The zero-order chi connectivity index (χ0) is 12.0. The highest BCUT2D eigenvalue weighted by Crippen LogP contribution is 2.24. The molecule has 1 N–H and O–H groups in total. The molecule has 0 aromatic carbocycles. The molecular formula is C13H23NOS. The van der Waals surface area contributed by atoms with Crippen LogP contribution in [0, 0.1) is 0 Å². The molecule has 1 unspecified atom stereocenters. The van der Waals surface area contributed by atoms with Gasteiger partial charge in [0.25, 0.3) is 5.24 Å². The van der Waals surface area contributed by atoms with Gasteiger partial charge in [0, 0.05) is 10.8 Å². The largest absolute Gasteiger partial charge is 0.341 e. The van der Waals surface area contributed by atoms with Gasteiger partial charge in [0.15, 0.2) is 0 Å². The van der Waals surface area contributed by atoms with E-state index in [9.17, 15) is 4.79 Å². The van der Waals surface area contributed by atoms with E-state index in [0.717, 1.165) is 12.8 Å². The number of nitrogens with one attached hydrogen (secondary N) is 1. The summed E-state index contributed by atoms with van der Waals surface area (Å²) in [6.45, 7) is 6.18. The quantitative estimate of drug-likeness (QED) is 0.700. The molecule has 1 atom stereocenters. The molecule has 0 heterocycles. The third-order valence-corrected chi connectivity index (χ3v) is 3.37. The Morgan fingerprint density at radius 2 is 2.06 bits per heavy atom. The number of carbonyl (C=O) groups excluding carboxylic acids is 1. The maximum Gasteiger partial charge on any atom is 0.280 e. The van der Waals surface area contributed by atoms with Crippen molar-refractivity contribution in [2.45, 2.75) is 63.7 Å². The molecule has 0 fully saturated rings. The summed E-state index contributed by atoms with van der Waals surface area (Å²) < 4.78 is -0.00455. The second-order valence-electron chi connectivity index (χ2n) is 5.32. The molecule has 1 aliphatic carbocycles. The van der Waals surface area contributed by atoms with Crippen LogP contribution >= 0.6 is 11.8 Å². The van der Waals surface area contributed by atoms with Crippen LogP contribution in [-0.4, -0.2) is 16.0 Å². The molecule has 0 saturated carbocycles. The molecule has 0 spiro atoms. The summed E-state index contributed by atoms with van der Waals surface area (Å²) >= 11 is 1.38. The van der Waals surface area contributed by atoms with Crippen LogP contribution in [-0.2, 0) is 0 Å². The van der Waals surface area contributed by atoms with Crippen LogP contribution < -0.4 is 5.32 Å². The van der Waals surface area contributed by atoms with Crippen molar-refractivity contribution in [3.63, 3.8) is 0 Å². The Labute approximate surface area is 103 Å². The predicted octanol–water partition coefficient (Wildman–Crippen LogP) is 4.12. The van der Waals surface area contributed by atoms with Gasteiger partial charge in [-0.3, -0.25) is 4.79 Å². The minimum absolute atomic E-state index is 0.00455. The number of hydrogen-bond donors (Lipinski definition) is 1. The first-order valence-electron chi connectivity index (χ1n) is 6.13. The molecule has 0 aliphatic heterocycles. The normalized spacial score (nSPS) is 24.3. The van der Waals surface area contributed by atoms with Gasteiger partial charge in [-0.15, -0.1) is 0 Å². The smallest absolute Gasteiger partial charge is 0.280 e. The van der Waals surface area contributed by atoms with Crippen LogP contribution in [0.2, 0.25) is 0 Å². The van der Waals surface area contributed by atoms with E-state index < -0.39 is 0 Å². The number of hydrogen-bond acceptors (Lipinski definition) is 2. The molecule has 3 heteroatoms. The standard InChI is InChI=1S/C13H23NOS/c1-13(2,3)16-12(15)14-11-9-7-5-4-6-8-10-11/h7,9,11H,4-6,8,10H2,1-3H3,(H,14,15)/b9-7+. The van der Waals surface area contributed by atoms with Crippen LogP contribution in [0.4, 0.5) is 4.79 Å². The molecule has 1 rings (SSSR count). The lowest BCUT2D eigenvalue weighted by atomic mass is 10.0. The van der Waals surface area contributed by atoms with Crippen LogP contribution in [0.5, 0.6) is 0 Å². The van der Waals surface area contributed by atoms with E-state index in [1.807, 2.05) is 0 Å². The van der Waals surface area contributed by atoms with E-state index in [2.05, 4.69) is 38.2 Å². The lowest BCUT2D eigenvalue weighted by Gasteiger charge is -2.20. The zero-order valence-electron chi connectivity index (χ0n) is 10.6. The monoisotopic (exact) mass is 241 g/mol. The molecule has 0 bridgehead atoms. The van der Waals surface area contributed by atoms with Crippen molar-refractivity contribution in [3.8, 4) is 0 Å². The maximum absolute atomic E-state index is 11.7. The Morgan fingerprint density at radius 3 is 2.75 bits per heavy atom. The summed E-state index contributed by atoms with van der Waals surface area (Å²) in [5, 5.41) is 3.18. The number of thioether (sulfide) groups is 1. The van der Waals surface area contributed by atoms with Gasteiger partial charge in [-0.05, 0) is 19.3 Å². The summed E-state index contributed by atoms with van der Waals surface area (Å²) in [6, 6.07) is 0.239. The number of allylic oxidation sites excluding steroid dienone is 1. The van der Waals surface area contributed by atoms with Crippen molar-refractivity contribution in [2.24, 2.45) is 0 Å². The van der Waals surface area contributed by atoms with Crippen molar-refractivity contribution in [1.29, 1.82) is 0 Å². The number of amides is 1. The van der Waals surface area contributed by atoms with Gasteiger partial charge in [-0.25, -0.2) is 0 Å². The lowest BCUT2D eigenvalue weighted by molar-refractivity contribution is 0.258. The van der Waals surface area contributed by atoms with Crippen LogP contribution in [0.1, 0.15) is 52.9 Å². The van der Waals surface area contributed by atoms with Gasteiger partial charge >= 0.3 is 0 Å². The van der Waals surface area contributed by atoms with Gasteiger partial charge < -0.3 is 5.32 Å². The lowest BCUT2D eigenvalue weighted by Crippen LogP contribution is -2.32. The van der Waals surface area contributed by atoms with Gasteiger partial charge in [0.2, 0.25) is 0 Å².